The Morgan fingerprint density at radius 3 is 1.96 bits per heavy atom. The summed E-state index contributed by atoms with van der Waals surface area (Å²) in [6.45, 7) is 6.38. The molecule has 0 saturated carbocycles. The van der Waals surface area contributed by atoms with Crippen LogP contribution in [0.25, 0.3) is 0 Å². The van der Waals surface area contributed by atoms with Crippen LogP contribution in [0.5, 0.6) is 17.2 Å². The molecule has 5 nitrogen and oxygen atoms in total. The van der Waals surface area contributed by atoms with Gasteiger partial charge >= 0.3 is 0 Å². The first-order valence-corrected chi connectivity index (χ1v) is 8.08. The van der Waals surface area contributed by atoms with Crippen LogP contribution in [0.15, 0.2) is 42.5 Å². The molecule has 0 radical (unpaired) electrons. The van der Waals surface area contributed by atoms with Crippen LogP contribution in [0, 0.1) is 0 Å². The Morgan fingerprint density at radius 1 is 0.920 bits per heavy atom. The van der Waals surface area contributed by atoms with E-state index in [9.17, 15) is 4.79 Å². The summed E-state index contributed by atoms with van der Waals surface area (Å²) in [7, 11) is 3.12. The molecule has 0 saturated heterocycles. The number of amides is 1. The average Bonchev–Trinajstić information content (AvgIpc) is 2.59. The van der Waals surface area contributed by atoms with E-state index in [0.717, 1.165) is 0 Å². The Morgan fingerprint density at radius 2 is 1.48 bits per heavy atom. The lowest BCUT2D eigenvalue weighted by molar-refractivity contribution is -0.118. The van der Waals surface area contributed by atoms with Gasteiger partial charge in [-0.05, 0) is 23.1 Å². The molecule has 1 N–H and O–H groups in total. The van der Waals surface area contributed by atoms with Gasteiger partial charge in [-0.1, -0.05) is 32.9 Å². The molecule has 5 heteroatoms. The summed E-state index contributed by atoms with van der Waals surface area (Å²) in [6.07, 6.45) is 0. The first kappa shape index (κ1) is 18.6. The number of benzene rings is 2. The number of anilines is 1. The van der Waals surface area contributed by atoms with Gasteiger partial charge in [0.25, 0.3) is 5.91 Å². The zero-order valence-corrected chi connectivity index (χ0v) is 15.4. The number of rotatable bonds is 6. The fraction of sp³-hybridized carbons (Fsp3) is 0.350. The molecule has 2 rings (SSSR count). The number of nitrogens with one attached hydrogen (secondary N) is 1. The van der Waals surface area contributed by atoms with Crippen molar-refractivity contribution >= 4 is 11.6 Å². The van der Waals surface area contributed by atoms with Crippen LogP contribution in [0.1, 0.15) is 26.3 Å². The Kier molecular flexibility index (Phi) is 5.91. The summed E-state index contributed by atoms with van der Waals surface area (Å²) in [4.78, 5) is 12.1. The van der Waals surface area contributed by atoms with Crippen LogP contribution in [0.2, 0.25) is 0 Å². The van der Waals surface area contributed by atoms with Crippen LogP contribution in [0.4, 0.5) is 5.69 Å². The molecule has 0 aliphatic heterocycles. The Hall–Kier alpha value is -2.69. The smallest absolute Gasteiger partial charge is 0.262 e. The third kappa shape index (κ3) is 5.41. The number of hydrogen-bond donors (Lipinski definition) is 1. The number of methoxy groups -OCH3 is 2. The summed E-state index contributed by atoms with van der Waals surface area (Å²) in [5.74, 6) is 1.61. The topological polar surface area (TPSA) is 56.8 Å². The Labute approximate surface area is 148 Å². The van der Waals surface area contributed by atoms with E-state index in [1.807, 2.05) is 24.3 Å². The van der Waals surface area contributed by atoms with E-state index in [1.54, 1.807) is 32.4 Å². The van der Waals surface area contributed by atoms with E-state index in [0.29, 0.717) is 22.9 Å². The van der Waals surface area contributed by atoms with Crippen LogP contribution < -0.4 is 19.5 Å². The third-order valence-electron chi connectivity index (χ3n) is 3.73. The highest BCUT2D eigenvalue weighted by Crippen LogP contribution is 2.26. The zero-order chi connectivity index (χ0) is 18.4. The molecule has 0 aromatic heterocycles. The Balaban J connectivity index is 1.95. The highest BCUT2D eigenvalue weighted by atomic mass is 16.5. The van der Waals surface area contributed by atoms with Crippen molar-refractivity contribution in [3.05, 3.63) is 48.0 Å². The van der Waals surface area contributed by atoms with Gasteiger partial charge in [-0.2, -0.15) is 0 Å². The molecule has 1 amide bonds. The summed E-state index contributed by atoms with van der Waals surface area (Å²) in [6, 6.07) is 13.0. The van der Waals surface area contributed by atoms with Crippen molar-refractivity contribution in [1.29, 1.82) is 0 Å². The average molecular weight is 343 g/mol. The lowest BCUT2D eigenvalue weighted by atomic mass is 9.87. The predicted octanol–water partition coefficient (Wildman–Crippen LogP) is 4.02. The van der Waals surface area contributed by atoms with Gasteiger partial charge in [0.05, 0.1) is 14.2 Å². The number of ether oxygens (including phenoxy) is 3. The van der Waals surface area contributed by atoms with E-state index in [2.05, 4.69) is 26.1 Å². The fourth-order valence-corrected chi connectivity index (χ4v) is 2.28. The van der Waals surface area contributed by atoms with Crippen LogP contribution >= 0.6 is 0 Å². The van der Waals surface area contributed by atoms with Crippen molar-refractivity contribution in [3.8, 4) is 17.2 Å². The van der Waals surface area contributed by atoms with Gasteiger partial charge in [0.15, 0.2) is 6.61 Å². The van der Waals surface area contributed by atoms with Crippen LogP contribution in [-0.4, -0.2) is 26.7 Å². The maximum Gasteiger partial charge on any atom is 0.262 e. The molecule has 0 aliphatic carbocycles. The fourth-order valence-electron chi connectivity index (χ4n) is 2.28. The monoisotopic (exact) mass is 343 g/mol. The second-order valence-corrected chi connectivity index (χ2v) is 6.71. The molecule has 0 aliphatic rings. The zero-order valence-electron chi connectivity index (χ0n) is 15.4. The SMILES string of the molecule is COc1cc(NC(=O)COc2ccc(C(C)(C)C)cc2)cc(OC)c1. The number of carbonyl (C=O) groups excluding carboxylic acids is 1. The molecular formula is C20H25NO4. The molecule has 0 heterocycles. The summed E-state index contributed by atoms with van der Waals surface area (Å²) >= 11 is 0. The van der Waals surface area contributed by atoms with Crippen molar-refractivity contribution < 1.29 is 19.0 Å². The first-order valence-electron chi connectivity index (χ1n) is 8.08. The molecule has 0 fully saturated rings. The van der Waals surface area contributed by atoms with Crippen molar-refractivity contribution in [2.45, 2.75) is 26.2 Å². The lowest BCUT2D eigenvalue weighted by Gasteiger charge is -2.19. The maximum absolute atomic E-state index is 12.1. The second kappa shape index (κ2) is 7.92. The normalized spacial score (nSPS) is 10.9. The van der Waals surface area contributed by atoms with Crippen LogP contribution in [0.3, 0.4) is 0 Å². The highest BCUT2D eigenvalue weighted by molar-refractivity contribution is 5.92. The molecular weight excluding hydrogens is 318 g/mol. The van der Waals surface area contributed by atoms with Gasteiger partial charge in [0.1, 0.15) is 17.2 Å². The minimum atomic E-state index is -0.254. The molecule has 0 spiro atoms. The van der Waals surface area contributed by atoms with E-state index in [-0.39, 0.29) is 17.9 Å². The van der Waals surface area contributed by atoms with Crippen molar-refractivity contribution in [3.63, 3.8) is 0 Å². The van der Waals surface area contributed by atoms with Crippen molar-refractivity contribution in [2.75, 3.05) is 26.1 Å². The van der Waals surface area contributed by atoms with Gasteiger partial charge in [0.2, 0.25) is 0 Å². The largest absolute Gasteiger partial charge is 0.497 e. The second-order valence-electron chi connectivity index (χ2n) is 6.71. The van der Waals surface area contributed by atoms with E-state index < -0.39 is 0 Å². The number of hydrogen-bond acceptors (Lipinski definition) is 4. The maximum atomic E-state index is 12.1. The standard InChI is InChI=1S/C20H25NO4/c1-20(2,3)14-6-8-16(9-7-14)25-13-19(22)21-15-10-17(23-4)12-18(11-15)24-5/h6-12H,13H2,1-5H3,(H,21,22). The molecule has 134 valence electrons. The quantitative estimate of drug-likeness (QED) is 0.861. The predicted molar refractivity (Wildman–Crippen MR) is 98.8 cm³/mol. The number of carbonyl (C=O) groups is 1. The molecule has 0 bridgehead atoms. The van der Waals surface area contributed by atoms with Crippen molar-refractivity contribution in [1.82, 2.24) is 0 Å². The van der Waals surface area contributed by atoms with Crippen LogP contribution in [-0.2, 0) is 10.2 Å². The molecule has 2 aromatic rings. The summed E-state index contributed by atoms with van der Waals surface area (Å²) < 4.78 is 15.9. The molecule has 25 heavy (non-hydrogen) atoms. The van der Waals surface area contributed by atoms with Gasteiger partial charge in [-0.15, -0.1) is 0 Å². The van der Waals surface area contributed by atoms with Gasteiger partial charge in [-0.25, -0.2) is 0 Å². The van der Waals surface area contributed by atoms with E-state index >= 15 is 0 Å². The van der Waals surface area contributed by atoms with Gasteiger partial charge < -0.3 is 19.5 Å². The van der Waals surface area contributed by atoms with E-state index in [4.69, 9.17) is 14.2 Å². The molecule has 2 aromatic carbocycles. The van der Waals surface area contributed by atoms with Crippen molar-refractivity contribution in [2.24, 2.45) is 0 Å². The van der Waals surface area contributed by atoms with Gasteiger partial charge in [-0.3, -0.25) is 4.79 Å². The van der Waals surface area contributed by atoms with E-state index in [1.165, 1.54) is 5.56 Å². The third-order valence-corrected chi connectivity index (χ3v) is 3.73. The molecule has 0 unspecified atom stereocenters. The summed E-state index contributed by atoms with van der Waals surface area (Å²) in [5.41, 5.74) is 1.89. The minimum Gasteiger partial charge on any atom is -0.497 e. The first-order chi connectivity index (χ1) is 11.8. The van der Waals surface area contributed by atoms with Gasteiger partial charge in [0, 0.05) is 23.9 Å². The summed E-state index contributed by atoms with van der Waals surface area (Å²) in [5, 5.41) is 2.77. The minimum absolute atomic E-state index is 0.0750. The molecule has 0 atom stereocenters. The lowest BCUT2D eigenvalue weighted by Crippen LogP contribution is -2.20. The highest BCUT2D eigenvalue weighted by Gasteiger charge is 2.13. The Bertz CT molecular complexity index is 695.